The largest absolute Gasteiger partial charge is 0.507 e. The van der Waals surface area contributed by atoms with Crippen LogP contribution in [0.3, 0.4) is 0 Å². The van der Waals surface area contributed by atoms with E-state index in [1.807, 2.05) is 6.07 Å². The Morgan fingerprint density at radius 3 is 2.61 bits per heavy atom. The molecule has 1 aromatic rings. The Hall–Kier alpha value is -1.51. The first-order valence-electron chi connectivity index (χ1n) is 6.58. The van der Waals surface area contributed by atoms with Crippen LogP contribution in [0.15, 0.2) is 18.2 Å². The number of Topliss-reactive ketones (excluding diaryl/α,β-unsaturated/α-hetero) is 1. The van der Waals surface area contributed by atoms with Gasteiger partial charge in [0.15, 0.2) is 5.78 Å². The van der Waals surface area contributed by atoms with Crippen LogP contribution in [0, 0.1) is 11.8 Å². The number of carbonyl (C=O) groups is 1. The van der Waals surface area contributed by atoms with E-state index in [4.69, 9.17) is 0 Å². The molecule has 98 valence electrons. The molecular formula is C15H21NO2. The quantitative estimate of drug-likeness (QED) is 0.816. The van der Waals surface area contributed by atoms with Gasteiger partial charge in [-0.25, -0.2) is 0 Å². The van der Waals surface area contributed by atoms with Crippen molar-refractivity contribution in [1.82, 2.24) is 0 Å². The van der Waals surface area contributed by atoms with E-state index in [0.717, 1.165) is 24.7 Å². The zero-order valence-electron chi connectivity index (χ0n) is 11.3. The maximum Gasteiger partial charge on any atom is 0.163 e. The summed E-state index contributed by atoms with van der Waals surface area (Å²) in [5, 5.41) is 9.86. The molecule has 3 nitrogen and oxygen atoms in total. The minimum absolute atomic E-state index is 0.0891. The SMILES string of the molecule is CC(=O)c1ccc(N2CCC(C)C(C)C2)cc1O. The summed E-state index contributed by atoms with van der Waals surface area (Å²) < 4.78 is 0. The van der Waals surface area contributed by atoms with Crippen LogP contribution >= 0.6 is 0 Å². The lowest BCUT2D eigenvalue weighted by atomic mass is 9.88. The highest BCUT2D eigenvalue weighted by atomic mass is 16.3. The van der Waals surface area contributed by atoms with Crippen LogP contribution in [0.4, 0.5) is 5.69 Å². The van der Waals surface area contributed by atoms with Gasteiger partial charge in [0.1, 0.15) is 5.75 Å². The van der Waals surface area contributed by atoms with Gasteiger partial charge in [0, 0.05) is 24.8 Å². The van der Waals surface area contributed by atoms with Crippen molar-refractivity contribution < 1.29 is 9.90 Å². The maximum atomic E-state index is 11.3. The van der Waals surface area contributed by atoms with Gasteiger partial charge in [-0.2, -0.15) is 0 Å². The average Bonchev–Trinajstić information content (AvgIpc) is 2.32. The highest BCUT2D eigenvalue weighted by Gasteiger charge is 2.23. The van der Waals surface area contributed by atoms with Crippen molar-refractivity contribution in [3.05, 3.63) is 23.8 Å². The molecule has 0 spiro atoms. The summed E-state index contributed by atoms with van der Waals surface area (Å²) in [6.07, 6.45) is 1.18. The lowest BCUT2D eigenvalue weighted by Crippen LogP contribution is -2.38. The van der Waals surface area contributed by atoms with E-state index in [1.165, 1.54) is 13.3 Å². The molecule has 1 aromatic carbocycles. The van der Waals surface area contributed by atoms with Crippen molar-refractivity contribution in [3.8, 4) is 5.75 Å². The third kappa shape index (κ3) is 2.50. The van der Waals surface area contributed by atoms with Crippen molar-refractivity contribution in [2.75, 3.05) is 18.0 Å². The lowest BCUT2D eigenvalue weighted by molar-refractivity contribution is 0.101. The van der Waals surface area contributed by atoms with Gasteiger partial charge in [-0.3, -0.25) is 4.79 Å². The number of carbonyl (C=O) groups excluding carboxylic acids is 1. The van der Waals surface area contributed by atoms with Crippen LogP contribution in [0.1, 0.15) is 37.6 Å². The van der Waals surface area contributed by atoms with Crippen LogP contribution < -0.4 is 4.90 Å². The second-order valence-corrected chi connectivity index (χ2v) is 5.45. The van der Waals surface area contributed by atoms with Gasteiger partial charge in [0.05, 0.1) is 5.56 Å². The highest BCUT2D eigenvalue weighted by molar-refractivity contribution is 5.97. The average molecular weight is 247 g/mol. The van der Waals surface area contributed by atoms with Gasteiger partial charge in [-0.1, -0.05) is 13.8 Å². The molecule has 2 atom stereocenters. The number of nitrogens with zero attached hydrogens (tertiary/aromatic N) is 1. The summed E-state index contributed by atoms with van der Waals surface area (Å²) in [5.41, 5.74) is 1.41. The molecule has 1 aliphatic rings. The van der Waals surface area contributed by atoms with Gasteiger partial charge < -0.3 is 10.0 Å². The predicted molar refractivity (Wildman–Crippen MR) is 73.3 cm³/mol. The first-order chi connectivity index (χ1) is 8.49. The minimum atomic E-state index is -0.0975. The molecule has 0 aromatic heterocycles. The third-order valence-corrected chi connectivity index (χ3v) is 4.06. The minimum Gasteiger partial charge on any atom is -0.507 e. The van der Waals surface area contributed by atoms with Gasteiger partial charge in [0.2, 0.25) is 0 Å². The maximum absolute atomic E-state index is 11.3. The zero-order valence-corrected chi connectivity index (χ0v) is 11.3. The predicted octanol–water partition coefficient (Wildman–Crippen LogP) is 3.08. The summed E-state index contributed by atoms with van der Waals surface area (Å²) in [5.74, 6) is 1.41. The molecule has 1 aliphatic heterocycles. The molecule has 3 heteroatoms. The standard InChI is InChI=1S/C15H21NO2/c1-10-6-7-16(9-11(10)2)13-4-5-14(12(3)17)15(18)8-13/h4-5,8,10-11,18H,6-7,9H2,1-3H3. The first kappa shape index (κ1) is 12.9. The topological polar surface area (TPSA) is 40.5 Å². The Kier molecular flexibility index (Phi) is 3.60. The molecule has 1 fully saturated rings. The van der Waals surface area contributed by atoms with Crippen LogP contribution in [-0.4, -0.2) is 24.0 Å². The summed E-state index contributed by atoms with van der Waals surface area (Å²) in [6, 6.07) is 5.36. The van der Waals surface area contributed by atoms with Crippen molar-refractivity contribution in [2.24, 2.45) is 11.8 Å². The van der Waals surface area contributed by atoms with Gasteiger partial charge in [0.25, 0.3) is 0 Å². The smallest absolute Gasteiger partial charge is 0.163 e. The number of phenolic OH excluding ortho intramolecular Hbond substituents is 1. The Morgan fingerprint density at radius 2 is 2.06 bits per heavy atom. The Balaban J connectivity index is 2.19. The normalized spacial score (nSPS) is 24.1. The van der Waals surface area contributed by atoms with Crippen molar-refractivity contribution in [3.63, 3.8) is 0 Å². The molecule has 0 saturated carbocycles. The van der Waals surface area contributed by atoms with E-state index in [0.29, 0.717) is 11.5 Å². The number of hydrogen-bond donors (Lipinski definition) is 1. The van der Waals surface area contributed by atoms with Crippen molar-refractivity contribution >= 4 is 11.5 Å². The van der Waals surface area contributed by atoms with E-state index in [9.17, 15) is 9.90 Å². The fraction of sp³-hybridized carbons (Fsp3) is 0.533. The Bertz CT molecular complexity index is 456. The van der Waals surface area contributed by atoms with Gasteiger partial charge >= 0.3 is 0 Å². The van der Waals surface area contributed by atoms with Crippen molar-refractivity contribution in [1.29, 1.82) is 0 Å². The summed E-state index contributed by atoms with van der Waals surface area (Å²) >= 11 is 0. The summed E-state index contributed by atoms with van der Waals surface area (Å²) in [4.78, 5) is 13.6. The van der Waals surface area contributed by atoms with E-state index >= 15 is 0 Å². The van der Waals surface area contributed by atoms with Gasteiger partial charge in [-0.05, 0) is 37.3 Å². The lowest BCUT2D eigenvalue weighted by Gasteiger charge is -2.36. The zero-order chi connectivity index (χ0) is 13.3. The Morgan fingerprint density at radius 1 is 1.33 bits per heavy atom. The van der Waals surface area contributed by atoms with Gasteiger partial charge in [-0.15, -0.1) is 0 Å². The molecular weight excluding hydrogens is 226 g/mol. The number of ketones is 1. The molecule has 0 amide bonds. The first-order valence-corrected chi connectivity index (χ1v) is 6.58. The molecule has 2 rings (SSSR count). The highest BCUT2D eigenvalue weighted by Crippen LogP contribution is 2.30. The molecule has 0 radical (unpaired) electrons. The Labute approximate surface area is 108 Å². The summed E-state index contributed by atoms with van der Waals surface area (Å²) in [7, 11) is 0. The van der Waals surface area contributed by atoms with E-state index in [2.05, 4.69) is 18.7 Å². The number of phenols is 1. The second-order valence-electron chi connectivity index (χ2n) is 5.45. The van der Waals surface area contributed by atoms with Crippen LogP contribution in [0.2, 0.25) is 0 Å². The van der Waals surface area contributed by atoms with E-state index in [-0.39, 0.29) is 11.5 Å². The number of piperidine rings is 1. The number of anilines is 1. The number of rotatable bonds is 2. The summed E-state index contributed by atoms with van der Waals surface area (Å²) in [6.45, 7) is 8.06. The monoisotopic (exact) mass is 247 g/mol. The second kappa shape index (κ2) is 5.01. The molecule has 1 N–H and O–H groups in total. The van der Waals surface area contributed by atoms with Crippen LogP contribution in [0.25, 0.3) is 0 Å². The number of hydrogen-bond acceptors (Lipinski definition) is 3. The fourth-order valence-corrected chi connectivity index (χ4v) is 2.51. The number of aromatic hydroxyl groups is 1. The molecule has 1 saturated heterocycles. The molecule has 0 aliphatic carbocycles. The third-order valence-electron chi connectivity index (χ3n) is 4.06. The molecule has 1 heterocycles. The van der Waals surface area contributed by atoms with Crippen LogP contribution in [0.5, 0.6) is 5.75 Å². The molecule has 0 bridgehead atoms. The van der Waals surface area contributed by atoms with Crippen molar-refractivity contribution in [2.45, 2.75) is 27.2 Å². The van der Waals surface area contributed by atoms with E-state index < -0.39 is 0 Å². The molecule has 2 unspecified atom stereocenters. The molecule has 18 heavy (non-hydrogen) atoms. The van der Waals surface area contributed by atoms with E-state index in [1.54, 1.807) is 12.1 Å². The fourth-order valence-electron chi connectivity index (χ4n) is 2.51. The number of benzene rings is 1. The van der Waals surface area contributed by atoms with Crippen LogP contribution in [-0.2, 0) is 0 Å².